The molecule has 0 unspecified atom stereocenters. The molecule has 0 spiro atoms. The molecule has 0 aromatic heterocycles. The van der Waals surface area contributed by atoms with Crippen molar-refractivity contribution in [2.75, 3.05) is 6.61 Å². The van der Waals surface area contributed by atoms with Crippen molar-refractivity contribution in [3.05, 3.63) is 65.0 Å². The van der Waals surface area contributed by atoms with Gasteiger partial charge in [-0.25, -0.2) is 4.39 Å². The molecule has 0 bridgehead atoms. The first-order valence-corrected chi connectivity index (χ1v) is 6.76. The molecule has 0 heterocycles. The highest BCUT2D eigenvalue weighted by molar-refractivity contribution is 5.40. The predicted octanol–water partition coefficient (Wildman–Crippen LogP) is 3.45. The first-order valence-electron chi connectivity index (χ1n) is 6.76. The van der Waals surface area contributed by atoms with Crippen LogP contribution in [0.2, 0.25) is 0 Å². The van der Waals surface area contributed by atoms with Crippen LogP contribution in [0.1, 0.15) is 23.1 Å². The van der Waals surface area contributed by atoms with Crippen LogP contribution in [0.25, 0.3) is 0 Å². The molecule has 0 aliphatic heterocycles. The average Bonchev–Trinajstić information content (AvgIpc) is 2.46. The topological polar surface area (TPSA) is 29.5 Å². The lowest BCUT2D eigenvalue weighted by atomic mass is 10.1. The summed E-state index contributed by atoms with van der Waals surface area (Å²) < 4.78 is 19.1. The van der Waals surface area contributed by atoms with Gasteiger partial charge in [-0.3, -0.25) is 0 Å². The summed E-state index contributed by atoms with van der Waals surface area (Å²) in [7, 11) is 0. The maximum absolute atomic E-state index is 13.5. The molecule has 21 heavy (non-hydrogen) atoms. The largest absolute Gasteiger partial charge is 0.489 e. The highest BCUT2D eigenvalue weighted by Crippen LogP contribution is 2.17. The number of ether oxygens (including phenoxy) is 1. The number of hydrogen-bond acceptors (Lipinski definition) is 2. The smallest absolute Gasteiger partial charge is 0.128 e. The van der Waals surface area contributed by atoms with Gasteiger partial charge in [0.15, 0.2) is 0 Å². The minimum atomic E-state index is -0.385. The van der Waals surface area contributed by atoms with Gasteiger partial charge in [0.05, 0.1) is 6.61 Å². The fourth-order valence-electron chi connectivity index (χ4n) is 1.79. The van der Waals surface area contributed by atoms with Crippen molar-refractivity contribution in [2.45, 2.75) is 20.0 Å². The first-order chi connectivity index (χ1) is 10.2. The monoisotopic (exact) mass is 284 g/mol. The lowest BCUT2D eigenvalue weighted by molar-refractivity contribution is 0.304. The Kier molecular flexibility index (Phi) is 5.36. The zero-order chi connectivity index (χ0) is 15.1. The number of hydrogen-bond donors (Lipinski definition) is 1. The predicted molar refractivity (Wildman–Crippen MR) is 80.5 cm³/mol. The molecule has 2 aromatic carbocycles. The SMILES string of the molecule is Cc1ccc(COc2cc(F)cc(C#CCCO)c2)cc1. The Morgan fingerprint density at radius 3 is 2.62 bits per heavy atom. The van der Waals surface area contributed by atoms with Crippen LogP contribution in [-0.2, 0) is 6.61 Å². The van der Waals surface area contributed by atoms with Crippen molar-refractivity contribution in [1.82, 2.24) is 0 Å². The van der Waals surface area contributed by atoms with Gasteiger partial charge in [-0.2, -0.15) is 0 Å². The number of aliphatic hydroxyl groups excluding tert-OH is 1. The molecular weight excluding hydrogens is 267 g/mol. The molecule has 0 radical (unpaired) electrons. The normalized spacial score (nSPS) is 9.86. The Balaban J connectivity index is 2.06. The van der Waals surface area contributed by atoms with Crippen LogP contribution in [0.3, 0.4) is 0 Å². The third-order valence-electron chi connectivity index (χ3n) is 2.87. The van der Waals surface area contributed by atoms with E-state index in [1.807, 2.05) is 31.2 Å². The van der Waals surface area contributed by atoms with Gasteiger partial charge >= 0.3 is 0 Å². The Bertz CT molecular complexity index is 651. The van der Waals surface area contributed by atoms with Crippen molar-refractivity contribution in [1.29, 1.82) is 0 Å². The van der Waals surface area contributed by atoms with Gasteiger partial charge in [0, 0.05) is 18.1 Å². The average molecular weight is 284 g/mol. The molecule has 0 saturated carbocycles. The molecule has 2 aromatic rings. The van der Waals surface area contributed by atoms with Gasteiger partial charge < -0.3 is 9.84 Å². The van der Waals surface area contributed by atoms with E-state index in [4.69, 9.17) is 9.84 Å². The highest BCUT2D eigenvalue weighted by atomic mass is 19.1. The van der Waals surface area contributed by atoms with Crippen molar-refractivity contribution in [3.63, 3.8) is 0 Å². The molecule has 0 fully saturated rings. The van der Waals surface area contributed by atoms with Crippen molar-refractivity contribution in [2.24, 2.45) is 0 Å². The molecule has 3 heteroatoms. The maximum atomic E-state index is 13.5. The van der Waals surface area contributed by atoms with E-state index in [-0.39, 0.29) is 12.4 Å². The second-order valence-corrected chi connectivity index (χ2v) is 4.73. The van der Waals surface area contributed by atoms with Gasteiger partial charge in [0.25, 0.3) is 0 Å². The van der Waals surface area contributed by atoms with Crippen molar-refractivity contribution >= 4 is 0 Å². The second kappa shape index (κ2) is 7.47. The third-order valence-corrected chi connectivity index (χ3v) is 2.87. The van der Waals surface area contributed by atoms with Crippen LogP contribution in [0.15, 0.2) is 42.5 Å². The van der Waals surface area contributed by atoms with E-state index in [1.54, 1.807) is 6.07 Å². The molecule has 1 N–H and O–H groups in total. The van der Waals surface area contributed by atoms with Crippen molar-refractivity contribution < 1.29 is 14.2 Å². The van der Waals surface area contributed by atoms with Gasteiger partial charge in [-0.05, 0) is 24.6 Å². The standard InChI is InChI=1S/C18H17FO2/c1-14-5-7-15(8-6-14)13-21-18-11-16(4-2-3-9-20)10-17(19)12-18/h5-8,10-12,20H,3,9,13H2,1H3. The molecule has 2 rings (SSSR count). The molecular formula is C18H17FO2. The summed E-state index contributed by atoms with van der Waals surface area (Å²) in [6.07, 6.45) is 0.371. The van der Waals surface area contributed by atoms with E-state index in [9.17, 15) is 4.39 Å². The first kappa shape index (κ1) is 15.1. The van der Waals surface area contributed by atoms with Gasteiger partial charge in [-0.1, -0.05) is 41.7 Å². The van der Waals surface area contributed by atoms with E-state index in [0.29, 0.717) is 24.3 Å². The third kappa shape index (κ3) is 4.94. The van der Waals surface area contributed by atoms with Crippen LogP contribution in [-0.4, -0.2) is 11.7 Å². The van der Waals surface area contributed by atoms with E-state index < -0.39 is 0 Å². The van der Waals surface area contributed by atoms with Crippen LogP contribution >= 0.6 is 0 Å². The van der Waals surface area contributed by atoms with Crippen LogP contribution in [0, 0.1) is 24.6 Å². The summed E-state index contributed by atoms with van der Waals surface area (Å²) in [6.45, 7) is 2.40. The zero-order valence-corrected chi connectivity index (χ0v) is 11.9. The minimum Gasteiger partial charge on any atom is -0.489 e. The number of rotatable bonds is 4. The maximum Gasteiger partial charge on any atom is 0.128 e. The van der Waals surface area contributed by atoms with Crippen molar-refractivity contribution in [3.8, 4) is 17.6 Å². The molecule has 0 amide bonds. The van der Waals surface area contributed by atoms with Gasteiger partial charge in [0.2, 0.25) is 0 Å². The van der Waals surface area contributed by atoms with Gasteiger partial charge in [0.1, 0.15) is 18.2 Å². The fourth-order valence-corrected chi connectivity index (χ4v) is 1.79. The summed E-state index contributed by atoms with van der Waals surface area (Å²) in [5, 5.41) is 8.68. The molecule has 108 valence electrons. The Hall–Kier alpha value is -2.31. The molecule has 0 atom stereocenters. The summed E-state index contributed by atoms with van der Waals surface area (Å²) in [6, 6.07) is 12.4. The Morgan fingerprint density at radius 1 is 1.14 bits per heavy atom. The number of aryl methyl sites for hydroxylation is 1. The Labute approximate surface area is 124 Å². The van der Waals surface area contributed by atoms with E-state index in [0.717, 1.165) is 5.56 Å². The number of benzene rings is 2. The molecule has 0 aliphatic carbocycles. The Morgan fingerprint density at radius 2 is 1.90 bits per heavy atom. The number of aliphatic hydroxyl groups is 1. The van der Waals surface area contributed by atoms with Crippen LogP contribution in [0.5, 0.6) is 5.75 Å². The minimum absolute atomic E-state index is 0.000896. The lowest BCUT2D eigenvalue weighted by Gasteiger charge is -2.07. The molecule has 0 aliphatic rings. The van der Waals surface area contributed by atoms with E-state index in [1.165, 1.54) is 17.7 Å². The summed E-state index contributed by atoms with van der Waals surface area (Å²) in [4.78, 5) is 0. The lowest BCUT2D eigenvalue weighted by Crippen LogP contribution is -1.96. The zero-order valence-electron chi connectivity index (χ0n) is 11.9. The van der Waals surface area contributed by atoms with Crippen LogP contribution < -0.4 is 4.74 Å². The van der Waals surface area contributed by atoms with Crippen LogP contribution in [0.4, 0.5) is 4.39 Å². The molecule has 0 saturated heterocycles. The quantitative estimate of drug-likeness (QED) is 0.871. The second-order valence-electron chi connectivity index (χ2n) is 4.73. The summed E-state index contributed by atoms with van der Waals surface area (Å²) in [5.74, 6) is 5.63. The fraction of sp³-hybridized carbons (Fsp3) is 0.222. The molecule has 2 nitrogen and oxygen atoms in total. The summed E-state index contributed by atoms with van der Waals surface area (Å²) >= 11 is 0. The van der Waals surface area contributed by atoms with Gasteiger partial charge in [-0.15, -0.1) is 0 Å². The summed E-state index contributed by atoms with van der Waals surface area (Å²) in [5.41, 5.74) is 2.76. The van der Waals surface area contributed by atoms with E-state index >= 15 is 0 Å². The van der Waals surface area contributed by atoms with E-state index in [2.05, 4.69) is 11.8 Å². The number of halogens is 1. The highest BCUT2D eigenvalue weighted by Gasteiger charge is 2.01.